The maximum absolute atomic E-state index is 5.02. The Kier molecular flexibility index (Phi) is 6.50. The molecule has 8 nitrogen and oxygen atoms in total. The average Bonchev–Trinajstić information content (AvgIpc) is 3.73. The summed E-state index contributed by atoms with van der Waals surface area (Å²) in [4.78, 5) is 36.8. The number of nitrogens with zero attached hydrogens (tertiary/aromatic N) is 6. The molecule has 10 heteroatoms. The van der Waals surface area contributed by atoms with E-state index in [1.54, 1.807) is 0 Å². The molecule has 0 unspecified atom stereocenters. The minimum Gasteiger partial charge on any atom is -0.324 e. The van der Waals surface area contributed by atoms with Gasteiger partial charge in [-0.25, -0.2) is 29.9 Å². The van der Waals surface area contributed by atoms with Gasteiger partial charge in [-0.2, -0.15) is 0 Å². The van der Waals surface area contributed by atoms with Gasteiger partial charge >= 0.3 is 29.6 Å². The van der Waals surface area contributed by atoms with Crippen LogP contribution in [0.5, 0.6) is 0 Å². The van der Waals surface area contributed by atoms with E-state index < -0.39 is 0 Å². The number of hydrogen-bond acceptors (Lipinski definition) is 6. The van der Waals surface area contributed by atoms with Crippen LogP contribution < -0.4 is 0 Å². The Morgan fingerprint density at radius 2 is 0.571 bits per heavy atom. The Hall–Kier alpha value is -4.24. The van der Waals surface area contributed by atoms with Crippen LogP contribution in [0.2, 0.25) is 0 Å². The van der Waals surface area contributed by atoms with Gasteiger partial charge in [0.25, 0.3) is 0 Å². The Morgan fingerprint density at radius 3 is 0.833 bits per heavy atom. The summed E-state index contributed by atoms with van der Waals surface area (Å²) in [6, 6.07) is 32.2. The van der Waals surface area contributed by atoms with E-state index in [-0.39, 0.29) is 46.6 Å². The third kappa shape index (κ3) is 4.01. The van der Waals surface area contributed by atoms with Crippen molar-refractivity contribution >= 4 is 73.7 Å². The molecule has 9 rings (SSSR count). The van der Waals surface area contributed by atoms with E-state index >= 15 is 0 Å². The van der Waals surface area contributed by atoms with E-state index in [0.717, 1.165) is 43.8 Å². The van der Waals surface area contributed by atoms with Gasteiger partial charge in [0.05, 0.1) is 0 Å². The molecule has 0 atom stereocenters. The number of H-pyrrole nitrogens is 2. The molecule has 8 bridgehead atoms. The average molecular weight is 594 g/mol. The fourth-order valence-corrected chi connectivity index (χ4v) is 5.59. The number of benzene rings is 4. The molecule has 42 heavy (non-hydrogen) atoms. The quantitative estimate of drug-likeness (QED) is 0.202. The summed E-state index contributed by atoms with van der Waals surface area (Å²) in [5.41, 5.74) is 6.45. The van der Waals surface area contributed by atoms with E-state index in [2.05, 4.69) is 9.97 Å². The van der Waals surface area contributed by atoms with Gasteiger partial charge < -0.3 is 9.97 Å². The van der Waals surface area contributed by atoms with E-state index in [0.29, 0.717) is 45.9 Å². The standard InChI is InChI=1S/C32H18N8.Fe.Na.H/c1-2-10-18-17(9-1)25-33-26(18)38-28-21-13-5-6-14-22(21)30(35-28)40-32-24-16-8-7-15-23(24)31(36-32)39-29-20-12-4-3-11-19(20)27(34-29)37-25;;;/h1-16H,(H2,33,34,35,36,37,38,39,40);;;. The second kappa shape index (κ2) is 10.2. The van der Waals surface area contributed by atoms with Crippen molar-refractivity contribution in [1.29, 1.82) is 0 Å². The van der Waals surface area contributed by atoms with Gasteiger partial charge in [0.2, 0.25) is 0 Å². The molecule has 0 spiro atoms. The van der Waals surface area contributed by atoms with Crippen LogP contribution in [-0.2, 0) is 17.1 Å². The van der Waals surface area contributed by atoms with Crippen molar-refractivity contribution in [2.45, 2.75) is 0 Å². The number of aromatic amines is 2. The molecule has 0 saturated heterocycles. The molecule has 4 aromatic carbocycles. The second-order valence-corrected chi connectivity index (χ2v) is 9.79. The summed E-state index contributed by atoms with van der Waals surface area (Å²) in [6.45, 7) is 0. The topological polar surface area (TPSA) is 109 Å². The predicted molar refractivity (Wildman–Crippen MR) is 163 cm³/mol. The number of fused-ring (bicyclic) bond motifs is 20. The molecule has 0 radical (unpaired) electrons. The van der Waals surface area contributed by atoms with Crippen molar-refractivity contribution in [2.75, 3.05) is 0 Å². The summed E-state index contributed by atoms with van der Waals surface area (Å²) in [5.74, 6) is 2.39. The fourth-order valence-electron chi connectivity index (χ4n) is 5.59. The number of nitrogens with one attached hydrogen (secondary N) is 2. The maximum Gasteiger partial charge on any atom is 0.164 e. The number of hydrogen-bond donors (Lipinski definition) is 2. The van der Waals surface area contributed by atoms with Crippen molar-refractivity contribution in [2.24, 2.45) is 0 Å². The van der Waals surface area contributed by atoms with Gasteiger partial charge in [0.15, 0.2) is 23.3 Å². The van der Waals surface area contributed by atoms with Crippen molar-refractivity contribution < 1.29 is 17.1 Å². The zero-order valence-electron chi connectivity index (χ0n) is 21.3. The normalized spacial score (nSPS) is 11.4. The van der Waals surface area contributed by atoms with Crippen LogP contribution in [0.1, 0.15) is 0 Å². The first kappa shape index (κ1) is 26.6. The van der Waals surface area contributed by atoms with Crippen molar-refractivity contribution in [3.63, 3.8) is 0 Å². The fraction of sp³-hybridized carbons (Fsp3) is 0. The van der Waals surface area contributed by atoms with Crippen LogP contribution in [0.3, 0.4) is 0 Å². The summed E-state index contributed by atoms with van der Waals surface area (Å²) in [6.07, 6.45) is 0. The molecule has 0 amide bonds. The molecule has 2 aliphatic heterocycles. The van der Waals surface area contributed by atoms with E-state index in [1.165, 1.54) is 0 Å². The molecule has 3 aromatic heterocycles. The van der Waals surface area contributed by atoms with Crippen LogP contribution in [0.25, 0.3) is 89.7 Å². The molecule has 7 aromatic rings. The minimum atomic E-state index is 0. The summed E-state index contributed by atoms with van der Waals surface area (Å²) in [7, 11) is 0. The molecule has 0 aliphatic carbocycles. The Labute approximate surface area is 271 Å². The van der Waals surface area contributed by atoms with Gasteiger partial charge in [-0.1, -0.05) is 97.1 Å². The first-order valence-electron chi connectivity index (χ1n) is 13.0. The zero-order valence-corrected chi connectivity index (χ0v) is 22.4. The van der Waals surface area contributed by atoms with E-state index in [4.69, 9.17) is 29.9 Å². The molecule has 0 saturated carbocycles. The molecule has 2 N–H and O–H groups in total. The number of rotatable bonds is 0. The maximum atomic E-state index is 5.02. The first-order valence-corrected chi connectivity index (χ1v) is 13.0. The summed E-state index contributed by atoms with van der Waals surface area (Å²) < 4.78 is 0. The van der Waals surface area contributed by atoms with Gasteiger partial charge in [-0.3, -0.25) is 0 Å². The Balaban J connectivity index is 0.00000144. The van der Waals surface area contributed by atoms with Crippen molar-refractivity contribution in [3.8, 4) is 45.6 Å². The monoisotopic (exact) mass is 594 g/mol. The Morgan fingerprint density at radius 1 is 0.333 bits per heavy atom. The predicted octanol–water partition coefficient (Wildman–Crippen LogP) is 6.22. The van der Waals surface area contributed by atoms with Gasteiger partial charge in [0, 0.05) is 60.9 Å². The van der Waals surface area contributed by atoms with Crippen LogP contribution in [-0.4, -0.2) is 69.4 Å². The smallest absolute Gasteiger partial charge is 0.164 e. The molecular formula is C32H19FeN8Na. The van der Waals surface area contributed by atoms with Gasteiger partial charge in [-0.05, 0) is 0 Å². The van der Waals surface area contributed by atoms with Crippen LogP contribution in [0.4, 0.5) is 0 Å². The Bertz CT molecular complexity index is 2040. The van der Waals surface area contributed by atoms with Crippen LogP contribution >= 0.6 is 0 Å². The third-order valence-electron chi connectivity index (χ3n) is 7.46. The SMILES string of the molecule is [Fe].[NaH].c1ccc2c(c1)-c1nc-2nc2[nH]c(nc3nc(nc4[nH]c(n1)c1ccccc41)-c1ccccc1-3)c1ccccc21. The largest absolute Gasteiger partial charge is 0.324 e. The van der Waals surface area contributed by atoms with E-state index in [1.807, 2.05) is 97.1 Å². The first-order chi connectivity index (χ1) is 19.8. The van der Waals surface area contributed by atoms with Crippen LogP contribution in [0.15, 0.2) is 97.1 Å². The molecule has 2 aliphatic rings. The minimum absolute atomic E-state index is 0. The van der Waals surface area contributed by atoms with Gasteiger partial charge in [-0.15, -0.1) is 0 Å². The molecule has 0 fully saturated rings. The molecule has 196 valence electrons. The number of aromatic nitrogens is 8. The van der Waals surface area contributed by atoms with Crippen molar-refractivity contribution in [3.05, 3.63) is 97.1 Å². The molecular weight excluding hydrogens is 575 g/mol. The van der Waals surface area contributed by atoms with Crippen molar-refractivity contribution in [1.82, 2.24) is 39.9 Å². The van der Waals surface area contributed by atoms with Gasteiger partial charge in [0.1, 0.15) is 22.6 Å². The summed E-state index contributed by atoms with van der Waals surface area (Å²) >= 11 is 0. The zero-order chi connectivity index (χ0) is 26.2. The molecule has 5 heterocycles. The third-order valence-corrected chi connectivity index (χ3v) is 7.46. The second-order valence-electron chi connectivity index (χ2n) is 9.79. The summed E-state index contributed by atoms with van der Waals surface area (Å²) in [5, 5.41) is 3.82. The van der Waals surface area contributed by atoms with Crippen LogP contribution in [0, 0.1) is 0 Å². The van der Waals surface area contributed by atoms with E-state index in [9.17, 15) is 0 Å².